The van der Waals surface area contributed by atoms with Crippen LogP contribution in [0.1, 0.15) is 22.3 Å². The van der Waals surface area contributed by atoms with Crippen molar-refractivity contribution in [2.45, 2.75) is 26.8 Å². The first-order valence-electron chi connectivity index (χ1n) is 6.63. The quantitative estimate of drug-likeness (QED) is 0.896. The number of carboxylic acid groups (broad SMARTS) is 1. The van der Waals surface area contributed by atoms with Gasteiger partial charge < -0.3 is 10.8 Å². The molecule has 2 aromatic rings. The Bertz CT molecular complexity index is 647. The van der Waals surface area contributed by atoms with Crippen LogP contribution in [0.5, 0.6) is 0 Å². The second-order valence-corrected chi connectivity index (χ2v) is 4.99. The Morgan fingerprint density at radius 1 is 1.00 bits per heavy atom. The molecule has 3 N–H and O–H groups in total. The van der Waals surface area contributed by atoms with Crippen molar-refractivity contribution in [2.75, 3.05) is 0 Å². The first kappa shape index (κ1) is 14.3. The molecule has 0 saturated carbocycles. The molecule has 0 saturated heterocycles. The first-order chi connectivity index (χ1) is 9.54. The van der Waals surface area contributed by atoms with E-state index in [1.54, 1.807) is 0 Å². The fourth-order valence-corrected chi connectivity index (χ4v) is 2.65. The van der Waals surface area contributed by atoms with Gasteiger partial charge in [-0.15, -0.1) is 0 Å². The van der Waals surface area contributed by atoms with Crippen LogP contribution in [0.2, 0.25) is 0 Å². The summed E-state index contributed by atoms with van der Waals surface area (Å²) in [6, 6.07) is 11.8. The van der Waals surface area contributed by atoms with Gasteiger partial charge in [-0.1, -0.05) is 36.4 Å². The minimum absolute atomic E-state index is 0.0232. The summed E-state index contributed by atoms with van der Waals surface area (Å²) in [5, 5.41) is 9.10. The summed E-state index contributed by atoms with van der Waals surface area (Å²) in [4.78, 5) is 11.1. The van der Waals surface area contributed by atoms with E-state index in [1.807, 2.05) is 50.2 Å². The van der Waals surface area contributed by atoms with E-state index in [9.17, 15) is 4.79 Å². The van der Waals surface area contributed by atoms with Gasteiger partial charge in [0.15, 0.2) is 0 Å². The maximum atomic E-state index is 11.1. The van der Waals surface area contributed by atoms with Crippen LogP contribution in [0, 0.1) is 13.8 Å². The highest BCUT2D eigenvalue weighted by Crippen LogP contribution is 2.33. The Morgan fingerprint density at radius 2 is 1.50 bits per heavy atom. The van der Waals surface area contributed by atoms with Crippen LogP contribution in [0.15, 0.2) is 36.4 Å². The topological polar surface area (TPSA) is 63.3 Å². The molecule has 0 atom stereocenters. The number of hydrogen-bond donors (Lipinski definition) is 2. The number of hydrogen-bond acceptors (Lipinski definition) is 2. The molecule has 0 radical (unpaired) electrons. The van der Waals surface area contributed by atoms with Crippen LogP contribution >= 0.6 is 0 Å². The molecule has 2 rings (SSSR count). The third kappa shape index (κ3) is 2.73. The van der Waals surface area contributed by atoms with Crippen molar-refractivity contribution in [3.8, 4) is 11.1 Å². The molecule has 0 aliphatic heterocycles. The third-order valence-corrected chi connectivity index (χ3v) is 3.53. The first-order valence-corrected chi connectivity index (χ1v) is 6.63. The maximum absolute atomic E-state index is 11.1. The molecular formula is C17H19NO2. The highest BCUT2D eigenvalue weighted by atomic mass is 16.4. The number of aliphatic carboxylic acids is 1. The summed E-state index contributed by atoms with van der Waals surface area (Å²) >= 11 is 0. The van der Waals surface area contributed by atoms with Crippen LogP contribution in [0.3, 0.4) is 0 Å². The van der Waals surface area contributed by atoms with Crippen LogP contribution in [0.4, 0.5) is 0 Å². The van der Waals surface area contributed by atoms with Gasteiger partial charge in [0.2, 0.25) is 0 Å². The van der Waals surface area contributed by atoms with E-state index in [-0.39, 0.29) is 6.42 Å². The second-order valence-electron chi connectivity index (χ2n) is 4.99. The van der Waals surface area contributed by atoms with Gasteiger partial charge in [-0.25, -0.2) is 0 Å². The molecule has 104 valence electrons. The van der Waals surface area contributed by atoms with Crippen LogP contribution in [-0.4, -0.2) is 11.1 Å². The molecule has 2 aromatic carbocycles. The standard InChI is InChI=1S/C17H19NO2/c1-11-5-3-7-13(9-15(19)20)16(11)17-12(2)6-4-8-14(17)10-18/h3-8H,9-10,18H2,1-2H3,(H,19,20). The molecule has 0 aliphatic rings. The fraction of sp³-hybridized carbons (Fsp3) is 0.235. The highest BCUT2D eigenvalue weighted by Gasteiger charge is 2.15. The molecule has 0 spiro atoms. The van der Waals surface area contributed by atoms with Gasteiger partial charge in [0.05, 0.1) is 6.42 Å². The van der Waals surface area contributed by atoms with Gasteiger partial charge in [-0.2, -0.15) is 0 Å². The zero-order valence-corrected chi connectivity index (χ0v) is 11.8. The predicted molar refractivity (Wildman–Crippen MR) is 80.6 cm³/mol. The summed E-state index contributed by atoms with van der Waals surface area (Å²) < 4.78 is 0. The van der Waals surface area contributed by atoms with Crippen molar-refractivity contribution in [3.05, 3.63) is 58.7 Å². The Balaban J connectivity index is 2.72. The molecule has 0 aromatic heterocycles. The molecule has 0 aliphatic carbocycles. The average molecular weight is 269 g/mol. The summed E-state index contributed by atoms with van der Waals surface area (Å²) in [5.41, 5.74) is 12.0. The molecule has 0 bridgehead atoms. The van der Waals surface area contributed by atoms with Crippen molar-refractivity contribution in [1.29, 1.82) is 0 Å². The molecule has 0 fully saturated rings. The Kier molecular flexibility index (Phi) is 4.20. The largest absolute Gasteiger partial charge is 0.481 e. The van der Waals surface area contributed by atoms with Crippen LogP contribution in [-0.2, 0) is 17.8 Å². The van der Waals surface area contributed by atoms with Gasteiger partial charge in [-0.05, 0) is 47.2 Å². The molecule has 3 heteroatoms. The average Bonchev–Trinajstić information content (AvgIpc) is 2.39. The van der Waals surface area contributed by atoms with Crippen molar-refractivity contribution >= 4 is 5.97 Å². The number of carbonyl (C=O) groups is 1. The molecule has 0 heterocycles. The van der Waals surface area contributed by atoms with Crippen LogP contribution < -0.4 is 5.73 Å². The Labute approximate surface area is 119 Å². The van der Waals surface area contributed by atoms with Gasteiger partial charge in [0, 0.05) is 6.54 Å². The van der Waals surface area contributed by atoms with E-state index in [1.165, 1.54) is 0 Å². The van der Waals surface area contributed by atoms with E-state index >= 15 is 0 Å². The maximum Gasteiger partial charge on any atom is 0.307 e. The molecule has 3 nitrogen and oxygen atoms in total. The number of rotatable bonds is 4. The lowest BCUT2D eigenvalue weighted by Crippen LogP contribution is -2.06. The molecule has 0 unspecified atom stereocenters. The van der Waals surface area contributed by atoms with Crippen LogP contribution in [0.25, 0.3) is 11.1 Å². The van der Waals surface area contributed by atoms with Crippen molar-refractivity contribution < 1.29 is 9.90 Å². The van der Waals surface area contributed by atoms with Gasteiger partial charge in [0.1, 0.15) is 0 Å². The van der Waals surface area contributed by atoms with Gasteiger partial charge in [0.25, 0.3) is 0 Å². The van der Waals surface area contributed by atoms with E-state index in [2.05, 4.69) is 0 Å². The molecule has 20 heavy (non-hydrogen) atoms. The minimum atomic E-state index is -0.820. The lowest BCUT2D eigenvalue weighted by atomic mass is 9.88. The van der Waals surface area contributed by atoms with E-state index < -0.39 is 5.97 Å². The summed E-state index contributed by atoms with van der Waals surface area (Å²) in [5.74, 6) is -0.820. The smallest absolute Gasteiger partial charge is 0.307 e. The van der Waals surface area contributed by atoms with Gasteiger partial charge in [-0.3, -0.25) is 4.79 Å². The summed E-state index contributed by atoms with van der Waals surface area (Å²) in [7, 11) is 0. The van der Waals surface area contributed by atoms with E-state index in [0.29, 0.717) is 6.54 Å². The van der Waals surface area contributed by atoms with E-state index in [4.69, 9.17) is 10.8 Å². The second kappa shape index (κ2) is 5.88. The number of aryl methyl sites for hydroxylation is 2. The number of nitrogens with two attached hydrogens (primary N) is 1. The van der Waals surface area contributed by atoms with Crippen molar-refractivity contribution in [2.24, 2.45) is 5.73 Å². The Morgan fingerprint density at radius 3 is 2.00 bits per heavy atom. The lowest BCUT2D eigenvalue weighted by Gasteiger charge is -2.17. The minimum Gasteiger partial charge on any atom is -0.481 e. The lowest BCUT2D eigenvalue weighted by molar-refractivity contribution is -0.136. The SMILES string of the molecule is Cc1cccc(CN)c1-c1c(C)cccc1CC(=O)O. The third-order valence-electron chi connectivity index (χ3n) is 3.53. The Hall–Kier alpha value is -2.13. The normalized spacial score (nSPS) is 10.6. The van der Waals surface area contributed by atoms with Crippen molar-refractivity contribution in [1.82, 2.24) is 0 Å². The summed E-state index contributed by atoms with van der Waals surface area (Å²) in [6.45, 7) is 4.48. The molecular weight excluding hydrogens is 250 g/mol. The van der Waals surface area contributed by atoms with Gasteiger partial charge >= 0.3 is 5.97 Å². The zero-order chi connectivity index (χ0) is 14.7. The van der Waals surface area contributed by atoms with Crippen molar-refractivity contribution in [3.63, 3.8) is 0 Å². The fourth-order valence-electron chi connectivity index (χ4n) is 2.65. The summed E-state index contributed by atoms with van der Waals surface area (Å²) in [6.07, 6.45) is 0.0232. The number of carboxylic acids is 1. The zero-order valence-electron chi connectivity index (χ0n) is 11.8. The highest BCUT2D eigenvalue weighted by molar-refractivity contribution is 5.81. The molecule has 0 amide bonds. The monoisotopic (exact) mass is 269 g/mol. The number of benzene rings is 2. The predicted octanol–water partition coefficient (Wildman–Crippen LogP) is 3.06. The van der Waals surface area contributed by atoms with E-state index in [0.717, 1.165) is 33.4 Å².